The highest BCUT2D eigenvalue weighted by molar-refractivity contribution is 6.01. The van der Waals surface area contributed by atoms with E-state index in [9.17, 15) is 4.79 Å². The summed E-state index contributed by atoms with van der Waals surface area (Å²) in [6.45, 7) is 0.154. The van der Waals surface area contributed by atoms with E-state index in [0.29, 0.717) is 17.0 Å². The number of rotatable bonds is 5. The molecule has 4 nitrogen and oxygen atoms in total. The topological polar surface area (TPSA) is 58.9 Å². The molecule has 0 aromatic heterocycles. The van der Waals surface area contributed by atoms with Crippen LogP contribution in [0.5, 0.6) is 5.75 Å². The largest absolute Gasteiger partial charge is 0.487 e. The molecule has 0 aliphatic carbocycles. The third-order valence-electron chi connectivity index (χ3n) is 2.62. The average Bonchev–Trinajstić information content (AvgIpc) is 2.49. The molecule has 0 aliphatic heterocycles. The summed E-state index contributed by atoms with van der Waals surface area (Å²) in [5.41, 5.74) is 1.83. The number of benzene rings is 2. The molecule has 0 fully saturated rings. The maximum Gasteiger partial charge on any atom is 0.150 e. The lowest BCUT2D eigenvalue weighted by Gasteiger charge is -2.07. The number of oxime groups is 1. The van der Waals surface area contributed by atoms with Gasteiger partial charge in [0, 0.05) is 11.1 Å². The van der Waals surface area contributed by atoms with Gasteiger partial charge in [-0.15, -0.1) is 0 Å². The molecule has 0 spiro atoms. The van der Waals surface area contributed by atoms with Gasteiger partial charge in [0.2, 0.25) is 0 Å². The van der Waals surface area contributed by atoms with Crippen molar-refractivity contribution in [1.82, 2.24) is 0 Å². The third kappa shape index (κ3) is 3.42. The summed E-state index contributed by atoms with van der Waals surface area (Å²) >= 11 is 0. The molecule has 2 aromatic carbocycles. The zero-order chi connectivity index (χ0) is 13.5. The second kappa shape index (κ2) is 6.35. The van der Waals surface area contributed by atoms with Crippen molar-refractivity contribution in [3.05, 3.63) is 65.7 Å². The lowest BCUT2D eigenvalue weighted by atomic mass is 10.1. The van der Waals surface area contributed by atoms with Crippen LogP contribution in [0.3, 0.4) is 0 Å². The minimum atomic E-state index is 0.154. The Balaban J connectivity index is 2.02. The van der Waals surface area contributed by atoms with Crippen LogP contribution in [0.4, 0.5) is 0 Å². The molecule has 2 aromatic rings. The SMILES string of the molecule is O=Cc1ccc(OC/C(=N\O)c2ccccc2)cc1. The van der Waals surface area contributed by atoms with Crippen molar-refractivity contribution in [2.75, 3.05) is 6.61 Å². The highest BCUT2D eigenvalue weighted by Crippen LogP contribution is 2.12. The first kappa shape index (κ1) is 12.8. The van der Waals surface area contributed by atoms with Crippen LogP contribution in [0.25, 0.3) is 0 Å². The molecular weight excluding hydrogens is 242 g/mol. The predicted octanol–water partition coefficient (Wildman–Crippen LogP) is 2.76. The van der Waals surface area contributed by atoms with Crippen LogP contribution in [-0.4, -0.2) is 23.8 Å². The maximum atomic E-state index is 10.5. The molecular formula is C15H13NO3. The lowest BCUT2D eigenvalue weighted by Crippen LogP contribution is -2.13. The molecule has 19 heavy (non-hydrogen) atoms. The Morgan fingerprint density at radius 1 is 1.11 bits per heavy atom. The van der Waals surface area contributed by atoms with Crippen LogP contribution >= 0.6 is 0 Å². The van der Waals surface area contributed by atoms with E-state index in [0.717, 1.165) is 11.8 Å². The molecule has 0 radical (unpaired) electrons. The molecule has 4 heteroatoms. The number of hydrogen-bond acceptors (Lipinski definition) is 4. The normalized spacial score (nSPS) is 11.1. The van der Waals surface area contributed by atoms with E-state index in [1.807, 2.05) is 30.3 Å². The fourth-order valence-electron chi connectivity index (χ4n) is 1.59. The zero-order valence-corrected chi connectivity index (χ0v) is 10.2. The smallest absolute Gasteiger partial charge is 0.150 e. The molecule has 0 saturated carbocycles. The Bertz CT molecular complexity index is 562. The van der Waals surface area contributed by atoms with E-state index < -0.39 is 0 Å². The van der Waals surface area contributed by atoms with Crippen LogP contribution in [0, 0.1) is 0 Å². The van der Waals surface area contributed by atoms with Crippen LogP contribution in [0.1, 0.15) is 15.9 Å². The number of nitrogens with zero attached hydrogens (tertiary/aromatic N) is 1. The summed E-state index contributed by atoms with van der Waals surface area (Å²) in [6.07, 6.45) is 0.772. The van der Waals surface area contributed by atoms with E-state index in [2.05, 4.69) is 5.16 Å². The fraction of sp³-hybridized carbons (Fsp3) is 0.0667. The molecule has 0 unspecified atom stereocenters. The number of ether oxygens (including phenoxy) is 1. The van der Waals surface area contributed by atoms with E-state index >= 15 is 0 Å². The number of hydrogen-bond donors (Lipinski definition) is 1. The Hall–Kier alpha value is -2.62. The van der Waals surface area contributed by atoms with Gasteiger partial charge >= 0.3 is 0 Å². The van der Waals surface area contributed by atoms with Crippen molar-refractivity contribution >= 4 is 12.0 Å². The van der Waals surface area contributed by atoms with Crippen LogP contribution in [0.15, 0.2) is 59.8 Å². The van der Waals surface area contributed by atoms with Gasteiger partial charge in [0.15, 0.2) is 0 Å². The van der Waals surface area contributed by atoms with Gasteiger partial charge in [0.05, 0.1) is 0 Å². The summed E-state index contributed by atoms with van der Waals surface area (Å²) in [5.74, 6) is 0.614. The second-order valence-electron chi connectivity index (χ2n) is 3.89. The van der Waals surface area contributed by atoms with Crippen molar-refractivity contribution in [2.45, 2.75) is 0 Å². The van der Waals surface area contributed by atoms with E-state index in [1.165, 1.54) is 0 Å². The lowest BCUT2D eigenvalue weighted by molar-refractivity contribution is 0.112. The van der Waals surface area contributed by atoms with Crippen molar-refractivity contribution in [2.24, 2.45) is 5.16 Å². The van der Waals surface area contributed by atoms with E-state index in [-0.39, 0.29) is 6.61 Å². The van der Waals surface area contributed by atoms with Gasteiger partial charge in [-0.1, -0.05) is 35.5 Å². The Morgan fingerprint density at radius 3 is 2.37 bits per heavy atom. The van der Waals surface area contributed by atoms with Gasteiger partial charge in [-0.2, -0.15) is 0 Å². The molecule has 0 heterocycles. The standard InChI is InChI=1S/C15H13NO3/c17-10-12-6-8-14(9-7-12)19-11-15(16-18)13-4-2-1-3-5-13/h1-10,18H,11H2/b16-15+. The summed E-state index contributed by atoms with van der Waals surface area (Å²) in [4.78, 5) is 10.5. The van der Waals surface area contributed by atoms with Crippen LogP contribution in [0.2, 0.25) is 0 Å². The number of carbonyl (C=O) groups excluding carboxylic acids is 1. The van der Waals surface area contributed by atoms with Gasteiger partial charge in [-0.3, -0.25) is 4.79 Å². The molecule has 0 atom stereocenters. The van der Waals surface area contributed by atoms with Gasteiger partial charge < -0.3 is 9.94 Å². The van der Waals surface area contributed by atoms with Crippen LogP contribution < -0.4 is 4.74 Å². The monoisotopic (exact) mass is 255 g/mol. The van der Waals surface area contributed by atoms with Gasteiger partial charge in [0.25, 0.3) is 0 Å². The number of carbonyl (C=O) groups is 1. The van der Waals surface area contributed by atoms with Gasteiger partial charge in [-0.05, 0) is 24.3 Å². The van der Waals surface area contributed by atoms with Crippen molar-refractivity contribution in [3.63, 3.8) is 0 Å². The molecule has 0 aliphatic rings. The van der Waals surface area contributed by atoms with Crippen LogP contribution in [-0.2, 0) is 0 Å². The Morgan fingerprint density at radius 2 is 1.79 bits per heavy atom. The Labute approximate surface area is 111 Å². The molecule has 0 saturated heterocycles. The average molecular weight is 255 g/mol. The first-order chi connectivity index (χ1) is 9.33. The van der Waals surface area contributed by atoms with Gasteiger partial charge in [-0.25, -0.2) is 0 Å². The first-order valence-electron chi connectivity index (χ1n) is 5.78. The Kier molecular flexibility index (Phi) is 4.29. The van der Waals surface area contributed by atoms with Crippen molar-refractivity contribution in [3.8, 4) is 5.75 Å². The fourth-order valence-corrected chi connectivity index (χ4v) is 1.59. The molecule has 96 valence electrons. The minimum absolute atomic E-state index is 0.154. The second-order valence-corrected chi connectivity index (χ2v) is 3.89. The quantitative estimate of drug-likeness (QED) is 0.387. The molecule has 2 rings (SSSR count). The predicted molar refractivity (Wildman–Crippen MR) is 72.1 cm³/mol. The van der Waals surface area contributed by atoms with Gasteiger partial charge in [0.1, 0.15) is 24.4 Å². The molecule has 0 amide bonds. The summed E-state index contributed by atoms with van der Waals surface area (Å²) in [5, 5.41) is 12.2. The summed E-state index contributed by atoms with van der Waals surface area (Å²) in [7, 11) is 0. The van der Waals surface area contributed by atoms with Crippen molar-refractivity contribution in [1.29, 1.82) is 0 Å². The zero-order valence-electron chi connectivity index (χ0n) is 10.2. The third-order valence-corrected chi connectivity index (χ3v) is 2.62. The minimum Gasteiger partial charge on any atom is -0.487 e. The van der Waals surface area contributed by atoms with Crippen molar-refractivity contribution < 1.29 is 14.7 Å². The molecule has 0 bridgehead atoms. The van der Waals surface area contributed by atoms with E-state index in [4.69, 9.17) is 9.94 Å². The summed E-state index contributed by atoms with van der Waals surface area (Å²) < 4.78 is 5.51. The first-order valence-corrected chi connectivity index (χ1v) is 5.78. The highest BCUT2D eigenvalue weighted by atomic mass is 16.5. The highest BCUT2D eigenvalue weighted by Gasteiger charge is 2.05. The summed E-state index contributed by atoms with van der Waals surface area (Å²) in [6, 6.07) is 16.0. The maximum absolute atomic E-state index is 10.5. The van der Waals surface area contributed by atoms with E-state index in [1.54, 1.807) is 24.3 Å². The number of aldehydes is 1. The molecule has 1 N–H and O–H groups in total.